The quantitative estimate of drug-likeness (QED) is 0.731. The maximum atomic E-state index is 13.1. The van der Waals surface area contributed by atoms with Crippen molar-refractivity contribution >= 4 is 23.7 Å². The van der Waals surface area contributed by atoms with E-state index in [1.54, 1.807) is 28.1 Å². The summed E-state index contributed by atoms with van der Waals surface area (Å²) in [6, 6.07) is 10.3. The zero-order chi connectivity index (χ0) is 20.2. The molecule has 2 amide bonds. The van der Waals surface area contributed by atoms with Gasteiger partial charge in [0.2, 0.25) is 6.41 Å². The van der Waals surface area contributed by atoms with Crippen LogP contribution in [0.5, 0.6) is 0 Å². The van der Waals surface area contributed by atoms with Gasteiger partial charge in [-0.15, -0.1) is 0 Å². The molecule has 0 atom stereocenters. The molecule has 4 rings (SSSR count). The summed E-state index contributed by atoms with van der Waals surface area (Å²) >= 11 is 0. The first kappa shape index (κ1) is 19.2. The van der Waals surface area contributed by atoms with Crippen LogP contribution in [-0.2, 0) is 4.79 Å². The van der Waals surface area contributed by atoms with E-state index in [0.29, 0.717) is 31.9 Å². The lowest BCUT2D eigenvalue weighted by molar-refractivity contribution is -0.119. The number of piperazine rings is 2. The van der Waals surface area contributed by atoms with Gasteiger partial charge in [0.25, 0.3) is 5.91 Å². The minimum Gasteiger partial charge on any atom is -0.368 e. The third-order valence-electron chi connectivity index (χ3n) is 5.55. The van der Waals surface area contributed by atoms with Crippen LogP contribution in [-0.4, -0.2) is 79.5 Å². The fourth-order valence-electron chi connectivity index (χ4n) is 3.80. The molecule has 1 aromatic carbocycles. The van der Waals surface area contributed by atoms with Gasteiger partial charge < -0.3 is 19.6 Å². The lowest BCUT2D eigenvalue weighted by Gasteiger charge is -2.37. The molecule has 0 aliphatic carbocycles. The number of carbonyl (C=O) groups is 2. The SMILES string of the molecule is O=CN1CCN(C(=O)c2cc(N3CCN(c4ccc(F)cc4)CC3)ccn2)CC1. The second kappa shape index (κ2) is 8.46. The van der Waals surface area contributed by atoms with Crippen LogP contribution in [0.15, 0.2) is 42.6 Å². The van der Waals surface area contributed by atoms with Crippen molar-refractivity contribution in [2.24, 2.45) is 0 Å². The summed E-state index contributed by atoms with van der Waals surface area (Å²) in [7, 11) is 0. The molecule has 0 radical (unpaired) electrons. The van der Waals surface area contributed by atoms with Crippen LogP contribution in [0, 0.1) is 5.82 Å². The number of hydrogen-bond acceptors (Lipinski definition) is 5. The van der Waals surface area contributed by atoms with Crippen LogP contribution in [0.25, 0.3) is 0 Å². The van der Waals surface area contributed by atoms with E-state index in [1.165, 1.54) is 12.1 Å². The van der Waals surface area contributed by atoms with Gasteiger partial charge in [0.1, 0.15) is 11.5 Å². The Hall–Kier alpha value is -3.16. The molecule has 2 saturated heterocycles. The summed E-state index contributed by atoms with van der Waals surface area (Å²) in [6.45, 7) is 5.44. The fraction of sp³-hybridized carbons (Fsp3) is 0.381. The Morgan fingerprint density at radius 1 is 0.862 bits per heavy atom. The van der Waals surface area contributed by atoms with Crippen molar-refractivity contribution in [3.63, 3.8) is 0 Å². The lowest BCUT2D eigenvalue weighted by atomic mass is 10.2. The van der Waals surface area contributed by atoms with Gasteiger partial charge >= 0.3 is 0 Å². The first-order valence-corrected chi connectivity index (χ1v) is 9.84. The highest BCUT2D eigenvalue weighted by Crippen LogP contribution is 2.21. The van der Waals surface area contributed by atoms with Gasteiger partial charge in [-0.1, -0.05) is 0 Å². The molecule has 2 aliphatic rings. The molecule has 152 valence electrons. The van der Waals surface area contributed by atoms with Crippen LogP contribution in [0.4, 0.5) is 15.8 Å². The van der Waals surface area contributed by atoms with Gasteiger partial charge in [-0.25, -0.2) is 4.39 Å². The number of hydrogen-bond donors (Lipinski definition) is 0. The van der Waals surface area contributed by atoms with Crippen molar-refractivity contribution in [2.75, 3.05) is 62.2 Å². The third-order valence-corrected chi connectivity index (χ3v) is 5.55. The average Bonchev–Trinajstić information content (AvgIpc) is 2.79. The summed E-state index contributed by atoms with van der Waals surface area (Å²) in [5, 5.41) is 0. The average molecular weight is 397 g/mol. The van der Waals surface area contributed by atoms with Gasteiger partial charge in [0.05, 0.1) is 0 Å². The summed E-state index contributed by atoms with van der Waals surface area (Å²) in [6.07, 6.45) is 2.50. The highest BCUT2D eigenvalue weighted by molar-refractivity contribution is 5.93. The Morgan fingerprint density at radius 3 is 2.10 bits per heavy atom. The van der Waals surface area contributed by atoms with Crippen LogP contribution < -0.4 is 9.80 Å². The number of halogens is 1. The largest absolute Gasteiger partial charge is 0.368 e. The van der Waals surface area contributed by atoms with E-state index in [9.17, 15) is 14.0 Å². The number of amides is 2. The van der Waals surface area contributed by atoms with Crippen molar-refractivity contribution in [3.05, 3.63) is 54.1 Å². The van der Waals surface area contributed by atoms with Crippen molar-refractivity contribution < 1.29 is 14.0 Å². The molecule has 2 fully saturated rings. The summed E-state index contributed by atoms with van der Waals surface area (Å²) in [5.41, 5.74) is 2.43. The summed E-state index contributed by atoms with van der Waals surface area (Å²) in [5.74, 6) is -0.323. The second-order valence-corrected chi connectivity index (χ2v) is 7.28. The molecule has 0 N–H and O–H groups in total. The number of anilines is 2. The van der Waals surface area contributed by atoms with Gasteiger partial charge in [-0.05, 0) is 36.4 Å². The van der Waals surface area contributed by atoms with Crippen molar-refractivity contribution in [1.82, 2.24) is 14.8 Å². The monoisotopic (exact) mass is 397 g/mol. The van der Waals surface area contributed by atoms with E-state index in [2.05, 4.69) is 14.8 Å². The number of pyridine rings is 1. The molecule has 1 aromatic heterocycles. The predicted octanol–water partition coefficient (Wildman–Crippen LogP) is 1.46. The maximum Gasteiger partial charge on any atom is 0.272 e. The van der Waals surface area contributed by atoms with Crippen LogP contribution in [0.3, 0.4) is 0 Å². The smallest absolute Gasteiger partial charge is 0.272 e. The Balaban J connectivity index is 1.38. The van der Waals surface area contributed by atoms with Crippen LogP contribution in [0.1, 0.15) is 10.5 Å². The Kier molecular flexibility index (Phi) is 5.59. The van der Waals surface area contributed by atoms with E-state index < -0.39 is 0 Å². The number of rotatable bonds is 4. The zero-order valence-electron chi connectivity index (χ0n) is 16.2. The minimum atomic E-state index is -0.228. The second-order valence-electron chi connectivity index (χ2n) is 7.28. The molecule has 7 nitrogen and oxygen atoms in total. The van der Waals surface area contributed by atoms with Gasteiger partial charge in [0, 0.05) is 69.9 Å². The van der Waals surface area contributed by atoms with E-state index >= 15 is 0 Å². The molecule has 0 saturated carbocycles. The zero-order valence-corrected chi connectivity index (χ0v) is 16.2. The first-order chi connectivity index (χ1) is 14.1. The number of nitrogens with zero attached hydrogens (tertiary/aromatic N) is 5. The predicted molar refractivity (Wildman–Crippen MR) is 109 cm³/mol. The number of aromatic nitrogens is 1. The highest BCUT2D eigenvalue weighted by Gasteiger charge is 2.24. The number of carbonyl (C=O) groups excluding carboxylic acids is 2. The molecule has 2 aromatic rings. The van der Waals surface area contributed by atoms with Crippen LogP contribution >= 0.6 is 0 Å². The Bertz CT molecular complexity index is 860. The molecular formula is C21H24FN5O2. The highest BCUT2D eigenvalue weighted by atomic mass is 19.1. The minimum absolute atomic E-state index is 0.0950. The number of benzene rings is 1. The lowest BCUT2D eigenvalue weighted by Crippen LogP contribution is -2.48. The van der Waals surface area contributed by atoms with Crippen molar-refractivity contribution in [2.45, 2.75) is 0 Å². The molecular weight excluding hydrogens is 373 g/mol. The molecule has 8 heteroatoms. The summed E-state index contributed by atoms with van der Waals surface area (Å²) in [4.78, 5) is 35.8. The normalized spacial score (nSPS) is 17.4. The fourth-order valence-corrected chi connectivity index (χ4v) is 3.80. The third kappa shape index (κ3) is 4.31. The van der Waals surface area contributed by atoms with E-state index in [-0.39, 0.29) is 11.7 Å². The van der Waals surface area contributed by atoms with Crippen molar-refractivity contribution in [1.29, 1.82) is 0 Å². The molecule has 0 unspecified atom stereocenters. The molecule has 0 bridgehead atoms. The van der Waals surface area contributed by atoms with Crippen molar-refractivity contribution in [3.8, 4) is 0 Å². The van der Waals surface area contributed by atoms with Gasteiger partial charge in [0.15, 0.2) is 0 Å². The topological polar surface area (TPSA) is 60.0 Å². The van der Waals surface area contributed by atoms with Gasteiger partial charge in [-0.2, -0.15) is 0 Å². The Morgan fingerprint density at radius 2 is 1.48 bits per heavy atom. The van der Waals surface area contributed by atoms with Crippen LogP contribution in [0.2, 0.25) is 0 Å². The van der Waals surface area contributed by atoms with E-state index in [1.807, 2.05) is 12.1 Å². The van der Waals surface area contributed by atoms with E-state index in [0.717, 1.165) is 44.0 Å². The molecule has 29 heavy (non-hydrogen) atoms. The first-order valence-electron chi connectivity index (χ1n) is 9.84. The van der Waals surface area contributed by atoms with Gasteiger partial charge in [-0.3, -0.25) is 14.6 Å². The molecule has 0 spiro atoms. The standard InChI is InChI=1S/C21H24FN5O2/c22-17-1-3-18(4-2-17)25-11-13-26(14-12-25)19-5-6-23-20(15-19)21(29)27-9-7-24(16-28)8-10-27/h1-6,15-16H,7-14H2. The molecule has 3 heterocycles. The summed E-state index contributed by atoms with van der Waals surface area (Å²) < 4.78 is 13.1. The Labute approximate surface area is 169 Å². The maximum absolute atomic E-state index is 13.1. The molecule has 2 aliphatic heterocycles. The van der Waals surface area contributed by atoms with E-state index in [4.69, 9.17) is 0 Å².